The van der Waals surface area contributed by atoms with Gasteiger partial charge < -0.3 is 5.32 Å². The molecule has 136 valence electrons. The summed E-state index contributed by atoms with van der Waals surface area (Å²) in [5.41, 5.74) is 2.91. The molecule has 0 aliphatic heterocycles. The summed E-state index contributed by atoms with van der Waals surface area (Å²) < 4.78 is 26.6. The summed E-state index contributed by atoms with van der Waals surface area (Å²) in [4.78, 5) is 12.3. The number of amides is 1. The van der Waals surface area contributed by atoms with Gasteiger partial charge in [0.25, 0.3) is 5.91 Å². The van der Waals surface area contributed by atoms with Crippen molar-refractivity contribution in [3.63, 3.8) is 0 Å². The number of aromatic amines is 1. The maximum Gasteiger partial charge on any atom is 0.272 e. The van der Waals surface area contributed by atoms with Gasteiger partial charge in [0.15, 0.2) is 5.69 Å². The third kappa shape index (κ3) is 4.47. The highest BCUT2D eigenvalue weighted by Crippen LogP contribution is 2.17. The quantitative estimate of drug-likeness (QED) is 0.587. The van der Waals surface area contributed by atoms with Crippen LogP contribution in [0.3, 0.4) is 0 Å². The predicted octanol–water partition coefficient (Wildman–Crippen LogP) is 1.72. The number of benzene rings is 2. The summed E-state index contributed by atoms with van der Waals surface area (Å²) >= 11 is 0. The second-order valence-corrected chi connectivity index (χ2v) is 7.93. The third-order valence-corrected chi connectivity index (χ3v) is 5.25. The number of rotatable bonds is 7. The van der Waals surface area contributed by atoms with Crippen molar-refractivity contribution in [1.82, 2.24) is 20.2 Å². The van der Waals surface area contributed by atoms with Crippen molar-refractivity contribution in [1.29, 1.82) is 0 Å². The molecule has 3 aromatic rings. The van der Waals surface area contributed by atoms with Gasteiger partial charge in [0.05, 0.1) is 11.3 Å². The number of carbonyl (C=O) groups is 1. The predicted molar refractivity (Wildman–Crippen MR) is 100 cm³/mol. The Bertz CT molecular complexity index is 1010. The van der Waals surface area contributed by atoms with Crippen LogP contribution in [0.5, 0.6) is 0 Å². The Morgan fingerprint density at radius 3 is 2.69 bits per heavy atom. The van der Waals surface area contributed by atoms with E-state index in [1.54, 1.807) is 0 Å². The van der Waals surface area contributed by atoms with Crippen molar-refractivity contribution in [3.05, 3.63) is 65.4 Å². The molecule has 0 radical (unpaired) electrons. The molecular formula is C18H20N4O3S. The van der Waals surface area contributed by atoms with Gasteiger partial charge in [-0.15, -0.1) is 0 Å². The zero-order valence-corrected chi connectivity index (χ0v) is 15.1. The zero-order chi connectivity index (χ0) is 18.6. The van der Waals surface area contributed by atoms with Gasteiger partial charge in [0.2, 0.25) is 10.0 Å². The van der Waals surface area contributed by atoms with Crippen LogP contribution in [0.2, 0.25) is 0 Å². The summed E-state index contributed by atoms with van der Waals surface area (Å²) in [6.45, 7) is 2.16. The Kier molecular flexibility index (Phi) is 5.34. The van der Waals surface area contributed by atoms with Crippen molar-refractivity contribution >= 4 is 26.8 Å². The van der Waals surface area contributed by atoms with E-state index < -0.39 is 15.9 Å². The van der Waals surface area contributed by atoms with Gasteiger partial charge in [-0.2, -0.15) is 5.10 Å². The van der Waals surface area contributed by atoms with Crippen LogP contribution in [-0.4, -0.2) is 36.8 Å². The van der Waals surface area contributed by atoms with Crippen LogP contribution in [0.15, 0.2) is 48.5 Å². The Balaban J connectivity index is 1.55. The van der Waals surface area contributed by atoms with E-state index >= 15 is 0 Å². The van der Waals surface area contributed by atoms with Crippen molar-refractivity contribution in [2.75, 3.05) is 12.3 Å². The van der Waals surface area contributed by atoms with Gasteiger partial charge >= 0.3 is 0 Å². The average molecular weight is 372 g/mol. The van der Waals surface area contributed by atoms with Crippen LogP contribution in [0.25, 0.3) is 10.9 Å². The van der Waals surface area contributed by atoms with Crippen LogP contribution >= 0.6 is 0 Å². The number of hydrogen-bond donors (Lipinski definition) is 3. The summed E-state index contributed by atoms with van der Waals surface area (Å²) in [5, 5.41) is 10.2. The van der Waals surface area contributed by atoms with Crippen molar-refractivity contribution < 1.29 is 13.2 Å². The molecule has 2 aromatic carbocycles. The summed E-state index contributed by atoms with van der Waals surface area (Å²) in [5.74, 6) is -0.604. The van der Waals surface area contributed by atoms with Crippen molar-refractivity contribution in [2.45, 2.75) is 13.5 Å². The number of sulfonamides is 1. The molecule has 1 heterocycles. The molecule has 0 aliphatic rings. The number of nitrogens with one attached hydrogen (secondary N) is 3. The molecule has 0 saturated heterocycles. The molecule has 3 N–H and O–H groups in total. The second kappa shape index (κ2) is 7.67. The van der Waals surface area contributed by atoms with Gasteiger partial charge in [-0.05, 0) is 24.6 Å². The number of carbonyl (C=O) groups excluding carboxylic acids is 1. The van der Waals surface area contributed by atoms with Crippen LogP contribution in [0, 0.1) is 6.92 Å². The lowest BCUT2D eigenvalue weighted by atomic mass is 10.1. The number of aryl methyl sites for hydroxylation is 1. The third-order valence-electron chi connectivity index (χ3n) is 3.93. The maximum absolute atomic E-state index is 12.3. The fourth-order valence-corrected chi connectivity index (χ4v) is 3.45. The average Bonchev–Trinajstić information content (AvgIpc) is 3.04. The Hall–Kier alpha value is -2.71. The van der Waals surface area contributed by atoms with Gasteiger partial charge in [-0.1, -0.05) is 42.0 Å². The van der Waals surface area contributed by atoms with Gasteiger partial charge in [0.1, 0.15) is 0 Å². The first-order valence-corrected chi connectivity index (χ1v) is 9.84. The maximum atomic E-state index is 12.3. The van der Waals surface area contributed by atoms with E-state index in [1.165, 1.54) is 0 Å². The first kappa shape index (κ1) is 18.1. The first-order valence-electron chi connectivity index (χ1n) is 8.19. The molecule has 0 fully saturated rings. The topological polar surface area (TPSA) is 104 Å². The molecule has 8 heteroatoms. The van der Waals surface area contributed by atoms with E-state index in [2.05, 4.69) is 20.2 Å². The first-order chi connectivity index (χ1) is 12.4. The van der Waals surface area contributed by atoms with E-state index in [1.807, 2.05) is 55.5 Å². The highest BCUT2D eigenvalue weighted by molar-refractivity contribution is 7.89. The molecule has 0 unspecified atom stereocenters. The van der Waals surface area contributed by atoms with Gasteiger partial charge in [-0.25, -0.2) is 13.1 Å². The Morgan fingerprint density at radius 1 is 1.15 bits per heavy atom. The summed E-state index contributed by atoms with van der Waals surface area (Å²) in [7, 11) is -3.49. The molecule has 0 bridgehead atoms. The smallest absolute Gasteiger partial charge is 0.272 e. The molecule has 0 saturated carbocycles. The minimum Gasteiger partial charge on any atom is -0.350 e. The molecule has 1 aromatic heterocycles. The molecule has 0 spiro atoms. The fourth-order valence-electron chi connectivity index (χ4n) is 2.54. The number of aromatic nitrogens is 2. The lowest BCUT2D eigenvalue weighted by molar-refractivity contribution is 0.0952. The normalized spacial score (nSPS) is 11.6. The number of nitrogens with zero attached hydrogens (tertiary/aromatic N) is 1. The lowest BCUT2D eigenvalue weighted by Gasteiger charge is -2.07. The van der Waals surface area contributed by atoms with E-state index in [-0.39, 0.29) is 24.5 Å². The molecule has 26 heavy (non-hydrogen) atoms. The molecule has 3 rings (SSSR count). The van der Waals surface area contributed by atoms with Crippen LogP contribution in [0.4, 0.5) is 0 Å². The lowest BCUT2D eigenvalue weighted by Crippen LogP contribution is -2.34. The van der Waals surface area contributed by atoms with E-state index in [9.17, 15) is 13.2 Å². The minimum absolute atomic E-state index is 0.00310. The Morgan fingerprint density at radius 2 is 1.92 bits per heavy atom. The highest BCUT2D eigenvalue weighted by Gasteiger charge is 2.16. The number of H-pyrrole nitrogens is 1. The molecule has 0 aliphatic carbocycles. The molecule has 0 atom stereocenters. The standard InChI is InChI=1S/C18H20N4O3S/c1-13-7-8-16-15(11-13)17(22-21-16)18(23)19-9-10-26(24,25)20-12-14-5-3-2-4-6-14/h2-8,11,20H,9-10,12H2,1H3,(H,19,23)(H,21,22). The number of fused-ring (bicyclic) bond motifs is 1. The van der Waals surface area contributed by atoms with E-state index in [4.69, 9.17) is 0 Å². The van der Waals surface area contributed by atoms with E-state index in [0.29, 0.717) is 5.39 Å². The SMILES string of the molecule is Cc1ccc2[nH]nc(C(=O)NCCS(=O)(=O)NCc3ccccc3)c2c1. The largest absolute Gasteiger partial charge is 0.350 e. The van der Waals surface area contributed by atoms with Crippen LogP contribution < -0.4 is 10.0 Å². The van der Waals surface area contributed by atoms with Gasteiger partial charge in [-0.3, -0.25) is 9.89 Å². The molecular weight excluding hydrogens is 352 g/mol. The monoisotopic (exact) mass is 372 g/mol. The highest BCUT2D eigenvalue weighted by atomic mass is 32.2. The summed E-state index contributed by atoms with van der Waals surface area (Å²) in [6, 6.07) is 14.9. The zero-order valence-electron chi connectivity index (χ0n) is 14.3. The summed E-state index contributed by atoms with van der Waals surface area (Å²) in [6.07, 6.45) is 0. The fraction of sp³-hybridized carbons (Fsp3) is 0.222. The van der Waals surface area contributed by atoms with E-state index in [0.717, 1.165) is 16.6 Å². The van der Waals surface area contributed by atoms with Crippen LogP contribution in [0.1, 0.15) is 21.6 Å². The van der Waals surface area contributed by atoms with Crippen LogP contribution in [-0.2, 0) is 16.6 Å². The van der Waals surface area contributed by atoms with Crippen molar-refractivity contribution in [3.8, 4) is 0 Å². The van der Waals surface area contributed by atoms with Gasteiger partial charge in [0, 0.05) is 18.5 Å². The van der Waals surface area contributed by atoms with Crippen molar-refractivity contribution in [2.24, 2.45) is 0 Å². The second-order valence-electron chi connectivity index (χ2n) is 6.00. The number of hydrogen-bond acceptors (Lipinski definition) is 4. The minimum atomic E-state index is -3.49. The Labute approximate surface area is 151 Å². The molecule has 7 nitrogen and oxygen atoms in total. The molecule has 1 amide bonds.